The molecular formula is C7H9ClN2O2S. The molecule has 0 heterocycles. The van der Waals surface area contributed by atoms with Crippen LogP contribution in [0.25, 0.3) is 0 Å². The zero-order valence-electron chi connectivity index (χ0n) is 6.91. The number of nitrogen functional groups attached to an aromatic ring is 1. The summed E-state index contributed by atoms with van der Waals surface area (Å²) < 4.78 is 22.0. The molecule has 0 saturated heterocycles. The number of anilines is 1. The van der Waals surface area contributed by atoms with Crippen LogP contribution in [0.15, 0.2) is 17.0 Å². The van der Waals surface area contributed by atoms with Crippen LogP contribution in [0.5, 0.6) is 0 Å². The van der Waals surface area contributed by atoms with Crippen LogP contribution < -0.4 is 10.9 Å². The highest BCUT2D eigenvalue weighted by atomic mass is 35.5. The van der Waals surface area contributed by atoms with Crippen molar-refractivity contribution in [1.29, 1.82) is 0 Å². The lowest BCUT2D eigenvalue weighted by Crippen LogP contribution is -2.14. The van der Waals surface area contributed by atoms with Gasteiger partial charge in [-0.05, 0) is 24.6 Å². The zero-order chi connectivity index (χ0) is 10.2. The molecule has 1 aromatic rings. The van der Waals surface area contributed by atoms with Crippen LogP contribution >= 0.6 is 11.6 Å². The van der Waals surface area contributed by atoms with Gasteiger partial charge in [0.1, 0.15) is 0 Å². The lowest BCUT2D eigenvalue weighted by Gasteiger charge is -2.06. The second kappa shape index (κ2) is 3.17. The van der Waals surface area contributed by atoms with Crippen molar-refractivity contribution in [2.75, 3.05) is 5.73 Å². The summed E-state index contributed by atoms with van der Waals surface area (Å²) >= 11 is 5.74. The minimum Gasteiger partial charge on any atom is -0.398 e. The standard InChI is InChI=1S/C7H9ClN2O2S/c1-4-6(13(10,11)12)3-2-5(9)7(4)8/h2-3H,9H2,1H3,(H2,10,11,12). The number of benzene rings is 1. The lowest BCUT2D eigenvalue weighted by atomic mass is 10.2. The van der Waals surface area contributed by atoms with E-state index in [1.54, 1.807) is 6.92 Å². The highest BCUT2D eigenvalue weighted by molar-refractivity contribution is 7.89. The minimum absolute atomic E-state index is 0.00620. The SMILES string of the molecule is Cc1c(S(N)(=O)=O)ccc(N)c1Cl. The fourth-order valence-electron chi connectivity index (χ4n) is 0.997. The van der Waals surface area contributed by atoms with Gasteiger partial charge in [0, 0.05) is 0 Å². The number of hydrogen-bond donors (Lipinski definition) is 2. The molecule has 72 valence electrons. The monoisotopic (exact) mass is 220 g/mol. The van der Waals surface area contributed by atoms with Crippen LogP contribution in [0.4, 0.5) is 5.69 Å². The molecule has 0 aliphatic carbocycles. The van der Waals surface area contributed by atoms with Gasteiger partial charge in [0.05, 0.1) is 15.6 Å². The summed E-state index contributed by atoms with van der Waals surface area (Å²) in [5, 5.41) is 5.18. The average molecular weight is 221 g/mol. The van der Waals surface area contributed by atoms with Gasteiger partial charge in [-0.2, -0.15) is 0 Å². The Labute approximate surface area is 81.5 Å². The van der Waals surface area contributed by atoms with Gasteiger partial charge in [0.25, 0.3) is 0 Å². The van der Waals surface area contributed by atoms with Crippen LogP contribution in [-0.2, 0) is 10.0 Å². The largest absolute Gasteiger partial charge is 0.398 e. The number of sulfonamides is 1. The van der Waals surface area contributed by atoms with E-state index in [9.17, 15) is 8.42 Å². The molecule has 1 rings (SSSR count). The third kappa shape index (κ3) is 1.93. The van der Waals surface area contributed by atoms with Crippen LogP contribution in [0.1, 0.15) is 5.56 Å². The van der Waals surface area contributed by atoms with Gasteiger partial charge in [-0.1, -0.05) is 11.6 Å². The molecule has 6 heteroatoms. The number of hydrogen-bond acceptors (Lipinski definition) is 3. The Kier molecular flexibility index (Phi) is 2.51. The third-order valence-corrected chi connectivity index (χ3v) is 3.23. The van der Waals surface area contributed by atoms with Gasteiger partial charge in [-0.25, -0.2) is 13.6 Å². The van der Waals surface area contributed by atoms with E-state index in [4.69, 9.17) is 22.5 Å². The van der Waals surface area contributed by atoms with Crippen molar-refractivity contribution in [3.63, 3.8) is 0 Å². The summed E-state index contributed by atoms with van der Waals surface area (Å²) in [6.45, 7) is 1.55. The van der Waals surface area contributed by atoms with Crippen LogP contribution in [-0.4, -0.2) is 8.42 Å². The fraction of sp³-hybridized carbons (Fsp3) is 0.143. The molecule has 0 fully saturated rings. The molecule has 0 bridgehead atoms. The number of nitrogens with two attached hydrogens (primary N) is 2. The van der Waals surface area contributed by atoms with E-state index in [-0.39, 0.29) is 9.92 Å². The first kappa shape index (κ1) is 10.3. The smallest absolute Gasteiger partial charge is 0.238 e. The Morgan fingerprint density at radius 1 is 1.38 bits per heavy atom. The molecule has 13 heavy (non-hydrogen) atoms. The van der Waals surface area contributed by atoms with Crippen LogP contribution in [0.2, 0.25) is 5.02 Å². The highest BCUT2D eigenvalue weighted by Gasteiger charge is 2.14. The van der Waals surface area contributed by atoms with Crippen molar-refractivity contribution in [3.05, 3.63) is 22.7 Å². The maximum absolute atomic E-state index is 11.0. The summed E-state index contributed by atoms with van der Waals surface area (Å²) in [4.78, 5) is 0.00620. The third-order valence-electron chi connectivity index (χ3n) is 1.67. The van der Waals surface area contributed by atoms with Crippen molar-refractivity contribution in [2.24, 2.45) is 5.14 Å². The summed E-state index contributed by atoms with van der Waals surface area (Å²) in [5.74, 6) is 0. The normalized spacial score (nSPS) is 11.6. The lowest BCUT2D eigenvalue weighted by molar-refractivity contribution is 0.597. The summed E-state index contributed by atoms with van der Waals surface area (Å²) in [7, 11) is -3.71. The van der Waals surface area contributed by atoms with Crippen LogP contribution in [0.3, 0.4) is 0 Å². The van der Waals surface area contributed by atoms with Gasteiger partial charge >= 0.3 is 0 Å². The molecule has 0 aliphatic heterocycles. The Morgan fingerprint density at radius 3 is 2.38 bits per heavy atom. The van der Waals surface area contributed by atoms with E-state index < -0.39 is 10.0 Å². The van der Waals surface area contributed by atoms with Gasteiger partial charge < -0.3 is 5.73 Å². The number of halogens is 1. The molecule has 0 radical (unpaired) electrons. The van der Waals surface area contributed by atoms with Gasteiger partial charge in [-0.3, -0.25) is 0 Å². The summed E-state index contributed by atoms with van der Waals surface area (Å²) in [6.07, 6.45) is 0. The van der Waals surface area contributed by atoms with Gasteiger partial charge in [-0.15, -0.1) is 0 Å². The Hall–Kier alpha value is -0.780. The predicted octanol–water partition coefficient (Wildman–Crippen LogP) is 0.878. The van der Waals surface area contributed by atoms with E-state index in [0.29, 0.717) is 11.3 Å². The second-order valence-corrected chi connectivity index (χ2v) is 4.54. The first-order valence-electron chi connectivity index (χ1n) is 3.41. The Bertz CT molecular complexity index is 442. The first-order chi connectivity index (χ1) is 5.84. The average Bonchev–Trinajstić information content (AvgIpc) is 1.98. The molecule has 0 spiro atoms. The van der Waals surface area contributed by atoms with E-state index in [1.807, 2.05) is 0 Å². The molecule has 0 atom stereocenters. The molecule has 0 saturated carbocycles. The summed E-state index contributed by atoms with van der Waals surface area (Å²) in [6, 6.07) is 2.75. The minimum atomic E-state index is -3.71. The molecule has 0 aliphatic rings. The molecule has 0 aromatic heterocycles. The predicted molar refractivity (Wildman–Crippen MR) is 52.0 cm³/mol. The molecule has 1 aromatic carbocycles. The van der Waals surface area contributed by atoms with Gasteiger partial charge in [0.15, 0.2) is 0 Å². The molecular weight excluding hydrogens is 212 g/mol. The molecule has 0 unspecified atom stereocenters. The zero-order valence-corrected chi connectivity index (χ0v) is 8.48. The molecule has 4 N–H and O–H groups in total. The molecule has 4 nitrogen and oxygen atoms in total. The molecule has 0 amide bonds. The van der Waals surface area contributed by atoms with Crippen LogP contribution in [0, 0.1) is 6.92 Å². The topological polar surface area (TPSA) is 86.2 Å². The first-order valence-corrected chi connectivity index (χ1v) is 5.34. The fourth-order valence-corrected chi connectivity index (χ4v) is 2.00. The maximum Gasteiger partial charge on any atom is 0.238 e. The highest BCUT2D eigenvalue weighted by Crippen LogP contribution is 2.27. The van der Waals surface area contributed by atoms with Crippen molar-refractivity contribution in [3.8, 4) is 0 Å². The maximum atomic E-state index is 11.0. The van der Waals surface area contributed by atoms with Crippen molar-refractivity contribution in [2.45, 2.75) is 11.8 Å². The second-order valence-electron chi connectivity index (χ2n) is 2.64. The van der Waals surface area contributed by atoms with Crippen molar-refractivity contribution < 1.29 is 8.42 Å². The van der Waals surface area contributed by atoms with E-state index >= 15 is 0 Å². The van der Waals surface area contributed by atoms with Crippen molar-refractivity contribution in [1.82, 2.24) is 0 Å². The number of rotatable bonds is 1. The van der Waals surface area contributed by atoms with E-state index in [2.05, 4.69) is 0 Å². The van der Waals surface area contributed by atoms with Crippen molar-refractivity contribution >= 4 is 27.3 Å². The van der Waals surface area contributed by atoms with E-state index in [1.165, 1.54) is 12.1 Å². The summed E-state index contributed by atoms with van der Waals surface area (Å²) in [5.41, 5.74) is 6.18. The van der Waals surface area contributed by atoms with Gasteiger partial charge in [0.2, 0.25) is 10.0 Å². The Balaban J connectivity index is 3.53. The number of primary sulfonamides is 1. The quantitative estimate of drug-likeness (QED) is 0.689. The Morgan fingerprint density at radius 2 is 1.92 bits per heavy atom. The van der Waals surface area contributed by atoms with E-state index in [0.717, 1.165) is 0 Å².